The summed E-state index contributed by atoms with van der Waals surface area (Å²) in [4.78, 5) is 2.32. The molecule has 0 saturated heterocycles. The first-order valence-electron chi connectivity index (χ1n) is 12.2. The number of aromatic nitrogens is 2. The zero-order valence-corrected chi connectivity index (χ0v) is 20.8. The minimum Gasteiger partial charge on any atom is -0.439 e. The molecule has 1 fully saturated rings. The van der Waals surface area contributed by atoms with Gasteiger partial charge >= 0.3 is 0 Å². The first kappa shape index (κ1) is 24.5. The van der Waals surface area contributed by atoms with Crippen LogP contribution < -0.4 is 4.74 Å². The first-order chi connectivity index (χ1) is 16.3. The van der Waals surface area contributed by atoms with Crippen molar-refractivity contribution in [3.05, 3.63) is 71.9 Å². The fourth-order valence-electron chi connectivity index (χ4n) is 3.96. The molecule has 1 aliphatic rings. The molecule has 3 aromatic rings. The van der Waals surface area contributed by atoms with E-state index in [9.17, 15) is 5.11 Å². The van der Waals surface area contributed by atoms with Crippen LogP contribution in [-0.4, -0.2) is 51.2 Å². The number of hydrogen-bond donors (Lipinski definition) is 1. The molecule has 1 atom stereocenters. The van der Waals surface area contributed by atoms with Crippen molar-refractivity contribution in [1.82, 2.24) is 14.7 Å². The van der Waals surface area contributed by atoms with Crippen LogP contribution in [0.4, 0.5) is 0 Å². The molecule has 0 bridgehead atoms. The molecular formula is C28H37N3O3. The molecular weight excluding hydrogens is 426 g/mol. The fraction of sp³-hybridized carbons (Fsp3) is 0.464. The SMILES string of the molecule is Cc1nn(-c2ccccc2)c(Oc2ccccc2)c1CN(CC1CC1)C[C@H](O)COC(C)(C)C. The van der Waals surface area contributed by atoms with Crippen LogP contribution in [0.25, 0.3) is 5.69 Å². The van der Waals surface area contributed by atoms with E-state index in [1.54, 1.807) is 0 Å². The van der Waals surface area contributed by atoms with Gasteiger partial charge in [0.25, 0.3) is 0 Å². The summed E-state index contributed by atoms with van der Waals surface area (Å²) in [5, 5.41) is 15.6. The van der Waals surface area contributed by atoms with Crippen molar-refractivity contribution in [3.8, 4) is 17.3 Å². The zero-order valence-electron chi connectivity index (χ0n) is 20.8. The molecule has 4 rings (SSSR count). The van der Waals surface area contributed by atoms with Crippen molar-refractivity contribution >= 4 is 0 Å². The van der Waals surface area contributed by atoms with E-state index in [2.05, 4.69) is 4.90 Å². The topological polar surface area (TPSA) is 59.8 Å². The quantitative estimate of drug-likeness (QED) is 0.415. The summed E-state index contributed by atoms with van der Waals surface area (Å²) in [7, 11) is 0. The summed E-state index contributed by atoms with van der Waals surface area (Å²) in [5.41, 5.74) is 2.65. The number of para-hydroxylation sites is 2. The summed E-state index contributed by atoms with van der Waals surface area (Å²) in [6.45, 7) is 10.5. The van der Waals surface area contributed by atoms with Gasteiger partial charge in [0.1, 0.15) is 5.75 Å². The van der Waals surface area contributed by atoms with E-state index in [0.717, 1.165) is 35.1 Å². The predicted octanol–water partition coefficient (Wildman–Crippen LogP) is 5.36. The number of benzene rings is 2. The van der Waals surface area contributed by atoms with Gasteiger partial charge in [-0.25, -0.2) is 4.68 Å². The zero-order chi connectivity index (χ0) is 24.1. The number of aliphatic hydroxyl groups is 1. The second kappa shape index (κ2) is 10.7. The van der Waals surface area contributed by atoms with Crippen molar-refractivity contribution in [2.45, 2.75) is 58.8 Å². The van der Waals surface area contributed by atoms with E-state index in [4.69, 9.17) is 14.6 Å². The Kier molecular flexibility index (Phi) is 7.71. The third kappa shape index (κ3) is 6.92. The van der Waals surface area contributed by atoms with E-state index in [1.807, 2.05) is 93.0 Å². The van der Waals surface area contributed by atoms with Gasteiger partial charge < -0.3 is 14.6 Å². The van der Waals surface area contributed by atoms with Crippen LogP contribution in [0.3, 0.4) is 0 Å². The predicted molar refractivity (Wildman–Crippen MR) is 135 cm³/mol. The molecule has 182 valence electrons. The number of rotatable bonds is 11. The molecule has 6 heteroatoms. The molecule has 0 aliphatic heterocycles. The molecule has 0 amide bonds. The molecule has 1 aromatic heterocycles. The maximum atomic E-state index is 10.7. The molecule has 34 heavy (non-hydrogen) atoms. The van der Waals surface area contributed by atoms with Crippen LogP contribution in [0, 0.1) is 12.8 Å². The lowest BCUT2D eigenvalue weighted by molar-refractivity contribution is -0.0569. The summed E-state index contributed by atoms with van der Waals surface area (Å²) in [6.07, 6.45) is 1.95. The fourth-order valence-corrected chi connectivity index (χ4v) is 3.96. The maximum absolute atomic E-state index is 10.7. The minimum atomic E-state index is -0.555. The van der Waals surface area contributed by atoms with E-state index in [1.165, 1.54) is 12.8 Å². The number of aliphatic hydroxyl groups excluding tert-OH is 1. The second-order valence-electron chi connectivity index (χ2n) is 10.2. The van der Waals surface area contributed by atoms with Crippen molar-refractivity contribution in [3.63, 3.8) is 0 Å². The average Bonchev–Trinajstić information content (AvgIpc) is 3.58. The molecule has 1 saturated carbocycles. The molecule has 0 spiro atoms. The number of hydrogen-bond acceptors (Lipinski definition) is 5. The van der Waals surface area contributed by atoms with Crippen LogP contribution in [-0.2, 0) is 11.3 Å². The van der Waals surface area contributed by atoms with Gasteiger partial charge in [0, 0.05) is 19.6 Å². The van der Waals surface area contributed by atoms with Crippen LogP contribution in [0.5, 0.6) is 11.6 Å². The lowest BCUT2D eigenvalue weighted by atomic mass is 10.2. The van der Waals surface area contributed by atoms with Crippen molar-refractivity contribution in [1.29, 1.82) is 0 Å². The van der Waals surface area contributed by atoms with Crippen LogP contribution in [0.15, 0.2) is 60.7 Å². The van der Waals surface area contributed by atoms with Crippen LogP contribution >= 0.6 is 0 Å². The smallest absolute Gasteiger partial charge is 0.227 e. The van der Waals surface area contributed by atoms with Crippen molar-refractivity contribution < 1.29 is 14.6 Å². The average molecular weight is 464 g/mol. The summed E-state index contributed by atoms with van der Waals surface area (Å²) >= 11 is 0. The lowest BCUT2D eigenvalue weighted by Crippen LogP contribution is -2.37. The van der Waals surface area contributed by atoms with Gasteiger partial charge in [-0.1, -0.05) is 36.4 Å². The molecule has 1 N–H and O–H groups in total. The minimum absolute atomic E-state index is 0.271. The third-order valence-electron chi connectivity index (χ3n) is 5.87. The Balaban J connectivity index is 1.60. The highest BCUT2D eigenvalue weighted by atomic mass is 16.5. The first-order valence-corrected chi connectivity index (χ1v) is 12.2. The number of nitrogens with zero attached hydrogens (tertiary/aromatic N) is 3. The second-order valence-corrected chi connectivity index (χ2v) is 10.2. The molecule has 0 radical (unpaired) electrons. The molecule has 0 unspecified atom stereocenters. The Hall–Kier alpha value is -2.67. The molecule has 2 aromatic carbocycles. The van der Waals surface area contributed by atoms with E-state index in [-0.39, 0.29) is 5.60 Å². The van der Waals surface area contributed by atoms with E-state index >= 15 is 0 Å². The summed E-state index contributed by atoms with van der Waals surface area (Å²) < 4.78 is 14.1. The van der Waals surface area contributed by atoms with E-state index < -0.39 is 6.10 Å². The number of ether oxygens (including phenoxy) is 2. The lowest BCUT2D eigenvalue weighted by Gasteiger charge is -2.27. The Morgan fingerprint density at radius 1 is 1.06 bits per heavy atom. The maximum Gasteiger partial charge on any atom is 0.227 e. The normalized spacial score (nSPS) is 15.0. The van der Waals surface area contributed by atoms with E-state index in [0.29, 0.717) is 25.6 Å². The Morgan fingerprint density at radius 3 is 2.32 bits per heavy atom. The molecule has 1 heterocycles. The monoisotopic (exact) mass is 463 g/mol. The van der Waals surface area contributed by atoms with Crippen molar-refractivity contribution in [2.75, 3.05) is 19.7 Å². The standard InChI is InChI=1S/C28H37N3O3/c1-21-26(19-30(17-22-15-16-22)18-24(32)20-33-28(2,3)4)27(34-25-13-9-6-10-14-25)31(29-21)23-11-7-5-8-12-23/h5-14,22,24,32H,15-20H2,1-4H3/t24-/m0/s1. The molecule has 6 nitrogen and oxygen atoms in total. The summed E-state index contributed by atoms with van der Waals surface area (Å²) in [6, 6.07) is 19.9. The van der Waals surface area contributed by atoms with Crippen molar-refractivity contribution in [2.24, 2.45) is 5.92 Å². The highest BCUT2D eigenvalue weighted by Crippen LogP contribution is 2.34. The Labute approximate surface area is 203 Å². The van der Waals surface area contributed by atoms with Gasteiger partial charge in [0.05, 0.1) is 35.3 Å². The third-order valence-corrected chi connectivity index (χ3v) is 5.87. The van der Waals surface area contributed by atoms with Gasteiger partial charge in [-0.2, -0.15) is 5.10 Å². The van der Waals surface area contributed by atoms with Gasteiger partial charge in [-0.3, -0.25) is 4.90 Å². The summed E-state index contributed by atoms with van der Waals surface area (Å²) in [5.74, 6) is 2.18. The van der Waals surface area contributed by atoms with Gasteiger partial charge in [-0.05, 0) is 70.7 Å². The number of aryl methyl sites for hydroxylation is 1. The largest absolute Gasteiger partial charge is 0.439 e. The van der Waals surface area contributed by atoms with Gasteiger partial charge in [-0.15, -0.1) is 0 Å². The van der Waals surface area contributed by atoms with Crippen LogP contribution in [0.2, 0.25) is 0 Å². The Bertz CT molecular complexity index is 1040. The van der Waals surface area contributed by atoms with Crippen LogP contribution in [0.1, 0.15) is 44.9 Å². The van der Waals surface area contributed by atoms with Gasteiger partial charge in [0.2, 0.25) is 5.88 Å². The van der Waals surface area contributed by atoms with Gasteiger partial charge in [0.15, 0.2) is 0 Å². The highest BCUT2D eigenvalue weighted by Gasteiger charge is 2.28. The Morgan fingerprint density at radius 2 is 1.71 bits per heavy atom. The molecule has 1 aliphatic carbocycles. The highest BCUT2D eigenvalue weighted by molar-refractivity contribution is 5.43.